The number of fused-ring (bicyclic) bond motifs is 1. The number of hydrogen-bond acceptors (Lipinski definition) is 2. The van der Waals surface area contributed by atoms with E-state index in [1.807, 2.05) is 42.6 Å². The van der Waals surface area contributed by atoms with E-state index in [1.54, 1.807) is 18.3 Å². The minimum Gasteiger partial charge on any atom is -0.346 e. The lowest BCUT2D eigenvalue weighted by atomic mass is 10.0. The molecule has 4 aromatic rings. The summed E-state index contributed by atoms with van der Waals surface area (Å²) in [5.41, 5.74) is 4.47. The number of nitrogens with one attached hydrogen (secondary N) is 2. The second kappa shape index (κ2) is 6.80. The summed E-state index contributed by atoms with van der Waals surface area (Å²) in [6, 6.07) is 17.6. The first-order valence-corrected chi connectivity index (χ1v) is 8.26. The Bertz CT molecular complexity index is 1050. The van der Waals surface area contributed by atoms with Gasteiger partial charge in [-0.15, -0.1) is 0 Å². The molecule has 0 aliphatic rings. The minimum atomic E-state index is -0.308. The van der Waals surface area contributed by atoms with Crippen LogP contribution in [-0.2, 0) is 11.2 Å². The fourth-order valence-electron chi connectivity index (χ4n) is 2.94. The third-order valence-electron chi connectivity index (χ3n) is 4.22. The summed E-state index contributed by atoms with van der Waals surface area (Å²) < 4.78 is 12.9. The molecule has 0 radical (unpaired) electrons. The number of aromatic nitrogens is 2. The number of carbonyl (C=O) groups excluding carboxylic acids is 1. The number of benzene rings is 2. The molecule has 5 heteroatoms. The van der Waals surface area contributed by atoms with Gasteiger partial charge in [0.1, 0.15) is 11.5 Å². The molecule has 0 aliphatic heterocycles. The number of halogens is 1. The predicted molar refractivity (Wildman–Crippen MR) is 100 cm³/mol. The smallest absolute Gasteiger partial charge is 0.228 e. The van der Waals surface area contributed by atoms with Crippen molar-refractivity contribution in [2.24, 2.45) is 0 Å². The third-order valence-corrected chi connectivity index (χ3v) is 4.22. The van der Waals surface area contributed by atoms with Crippen LogP contribution in [0, 0.1) is 5.82 Å². The van der Waals surface area contributed by atoms with Gasteiger partial charge in [-0.2, -0.15) is 0 Å². The predicted octanol–water partition coefficient (Wildman–Crippen LogP) is 4.55. The van der Waals surface area contributed by atoms with E-state index in [1.165, 1.54) is 12.1 Å². The van der Waals surface area contributed by atoms with Gasteiger partial charge in [0.25, 0.3) is 0 Å². The van der Waals surface area contributed by atoms with Crippen molar-refractivity contribution in [2.75, 3.05) is 5.32 Å². The van der Waals surface area contributed by atoms with Crippen LogP contribution in [0.4, 0.5) is 10.1 Å². The number of hydrogen-bond donors (Lipinski definition) is 2. The van der Waals surface area contributed by atoms with Gasteiger partial charge < -0.3 is 10.3 Å². The van der Waals surface area contributed by atoms with Crippen molar-refractivity contribution in [1.29, 1.82) is 0 Å². The summed E-state index contributed by atoms with van der Waals surface area (Å²) in [5, 5.41) is 3.92. The van der Waals surface area contributed by atoms with Crippen molar-refractivity contribution < 1.29 is 9.18 Å². The van der Waals surface area contributed by atoms with E-state index < -0.39 is 0 Å². The summed E-state index contributed by atoms with van der Waals surface area (Å²) in [6.07, 6.45) is 3.84. The zero-order valence-corrected chi connectivity index (χ0v) is 13.9. The highest BCUT2D eigenvalue weighted by Gasteiger charge is 2.07. The van der Waals surface area contributed by atoms with Gasteiger partial charge >= 0.3 is 0 Å². The Hall–Kier alpha value is -3.47. The highest BCUT2D eigenvalue weighted by Crippen LogP contribution is 2.27. The van der Waals surface area contributed by atoms with Crippen LogP contribution < -0.4 is 5.32 Å². The van der Waals surface area contributed by atoms with E-state index in [9.17, 15) is 9.18 Å². The number of amides is 1. The molecular weight excluding hydrogens is 329 g/mol. The normalized spacial score (nSPS) is 10.8. The van der Waals surface area contributed by atoms with Crippen LogP contribution in [0.2, 0.25) is 0 Å². The largest absolute Gasteiger partial charge is 0.346 e. The molecular formula is C21H16FN3O. The molecule has 0 aliphatic carbocycles. The van der Waals surface area contributed by atoms with Crippen molar-refractivity contribution in [2.45, 2.75) is 6.42 Å². The zero-order chi connectivity index (χ0) is 17.9. The van der Waals surface area contributed by atoms with Gasteiger partial charge in [0, 0.05) is 23.5 Å². The Kier molecular flexibility index (Phi) is 4.19. The second-order valence-corrected chi connectivity index (χ2v) is 6.03. The molecule has 128 valence electrons. The molecule has 0 saturated heterocycles. The van der Waals surface area contributed by atoms with Crippen LogP contribution in [0.15, 0.2) is 73.1 Å². The van der Waals surface area contributed by atoms with E-state index in [0.29, 0.717) is 0 Å². The van der Waals surface area contributed by atoms with Crippen molar-refractivity contribution in [3.63, 3.8) is 0 Å². The molecule has 2 N–H and O–H groups in total. The molecule has 0 saturated carbocycles. The second-order valence-electron chi connectivity index (χ2n) is 6.03. The van der Waals surface area contributed by atoms with Crippen LogP contribution in [0.1, 0.15) is 5.56 Å². The minimum absolute atomic E-state index is 0.138. The number of aromatic amines is 1. The number of anilines is 1. The summed E-state index contributed by atoms with van der Waals surface area (Å²) in [4.78, 5) is 19.5. The SMILES string of the molecule is O=C(Cc1ccc(F)cc1)Nc1ccc(-c2ccnc3[nH]ccc23)cc1. The van der Waals surface area contributed by atoms with Crippen LogP contribution in [0.5, 0.6) is 0 Å². The molecule has 2 aromatic heterocycles. The van der Waals surface area contributed by atoms with E-state index in [-0.39, 0.29) is 18.1 Å². The first kappa shape index (κ1) is 16.0. The highest BCUT2D eigenvalue weighted by molar-refractivity contribution is 5.94. The Morgan fingerprint density at radius 1 is 1.00 bits per heavy atom. The molecule has 26 heavy (non-hydrogen) atoms. The summed E-state index contributed by atoms with van der Waals surface area (Å²) >= 11 is 0. The van der Waals surface area contributed by atoms with Gasteiger partial charge in [-0.25, -0.2) is 9.37 Å². The van der Waals surface area contributed by atoms with Crippen LogP contribution >= 0.6 is 0 Å². The number of nitrogens with zero attached hydrogens (tertiary/aromatic N) is 1. The summed E-state index contributed by atoms with van der Waals surface area (Å²) in [6.45, 7) is 0. The maximum absolute atomic E-state index is 12.9. The lowest BCUT2D eigenvalue weighted by Crippen LogP contribution is -2.14. The Morgan fingerprint density at radius 2 is 1.77 bits per heavy atom. The number of pyridine rings is 1. The zero-order valence-electron chi connectivity index (χ0n) is 13.9. The van der Waals surface area contributed by atoms with Gasteiger partial charge in [0.15, 0.2) is 0 Å². The molecule has 4 nitrogen and oxygen atoms in total. The van der Waals surface area contributed by atoms with Crippen molar-refractivity contribution >= 4 is 22.6 Å². The maximum atomic E-state index is 12.9. The molecule has 0 bridgehead atoms. The average molecular weight is 345 g/mol. The summed E-state index contributed by atoms with van der Waals surface area (Å²) in [5.74, 6) is -0.446. The van der Waals surface area contributed by atoms with Gasteiger partial charge in [0.05, 0.1) is 6.42 Å². The number of carbonyl (C=O) groups is 1. The van der Waals surface area contributed by atoms with Crippen LogP contribution in [0.3, 0.4) is 0 Å². The van der Waals surface area contributed by atoms with Crippen LogP contribution in [-0.4, -0.2) is 15.9 Å². The third kappa shape index (κ3) is 3.32. The topological polar surface area (TPSA) is 57.8 Å². The Balaban J connectivity index is 1.48. The van der Waals surface area contributed by atoms with E-state index >= 15 is 0 Å². The van der Waals surface area contributed by atoms with Gasteiger partial charge in [0.2, 0.25) is 5.91 Å². The molecule has 0 fully saturated rings. The van der Waals surface area contributed by atoms with Crippen molar-refractivity contribution in [3.05, 3.63) is 84.4 Å². The molecule has 4 rings (SSSR count). The number of rotatable bonds is 4. The molecule has 0 unspecified atom stereocenters. The summed E-state index contributed by atoms with van der Waals surface area (Å²) in [7, 11) is 0. The molecule has 2 heterocycles. The van der Waals surface area contributed by atoms with E-state index in [2.05, 4.69) is 15.3 Å². The van der Waals surface area contributed by atoms with E-state index in [4.69, 9.17) is 0 Å². The fraction of sp³-hybridized carbons (Fsp3) is 0.0476. The monoisotopic (exact) mass is 345 g/mol. The van der Waals surface area contributed by atoms with Gasteiger partial charge in [-0.05, 0) is 53.1 Å². The lowest BCUT2D eigenvalue weighted by Gasteiger charge is -2.08. The Labute approximate surface area is 149 Å². The number of H-pyrrole nitrogens is 1. The highest BCUT2D eigenvalue weighted by atomic mass is 19.1. The maximum Gasteiger partial charge on any atom is 0.228 e. The quantitative estimate of drug-likeness (QED) is 0.570. The first-order valence-electron chi connectivity index (χ1n) is 8.26. The average Bonchev–Trinajstić information content (AvgIpc) is 3.13. The fourth-order valence-corrected chi connectivity index (χ4v) is 2.94. The molecule has 0 spiro atoms. The molecule has 1 amide bonds. The van der Waals surface area contributed by atoms with Gasteiger partial charge in [-0.3, -0.25) is 4.79 Å². The van der Waals surface area contributed by atoms with E-state index in [0.717, 1.165) is 33.4 Å². The standard InChI is InChI=1S/C21H16FN3O/c22-16-5-1-14(2-6-16)13-20(26)25-17-7-3-15(4-8-17)18-9-11-23-21-19(18)10-12-24-21/h1-12H,13H2,(H,23,24)(H,25,26). The lowest BCUT2D eigenvalue weighted by molar-refractivity contribution is -0.115. The van der Waals surface area contributed by atoms with Crippen LogP contribution in [0.25, 0.3) is 22.2 Å². The molecule has 0 atom stereocenters. The Morgan fingerprint density at radius 3 is 2.54 bits per heavy atom. The first-order chi connectivity index (χ1) is 12.7. The molecule has 2 aromatic carbocycles. The van der Waals surface area contributed by atoms with Crippen molar-refractivity contribution in [1.82, 2.24) is 9.97 Å². The van der Waals surface area contributed by atoms with Crippen molar-refractivity contribution in [3.8, 4) is 11.1 Å². The van der Waals surface area contributed by atoms with Gasteiger partial charge in [-0.1, -0.05) is 24.3 Å².